The van der Waals surface area contributed by atoms with Gasteiger partial charge in [0.2, 0.25) is 0 Å². The van der Waals surface area contributed by atoms with Crippen LogP contribution in [0.4, 0.5) is 15.3 Å². The van der Waals surface area contributed by atoms with Gasteiger partial charge in [-0.2, -0.15) is 11.3 Å². The fraction of sp³-hybridized carbons (Fsp3) is 0.647. The molecule has 1 N–H and O–H groups in total. The van der Waals surface area contributed by atoms with Gasteiger partial charge in [0.25, 0.3) is 0 Å². The van der Waals surface area contributed by atoms with E-state index in [0.29, 0.717) is 12.8 Å². The fourth-order valence-corrected chi connectivity index (χ4v) is 4.06. The molecule has 2 bridgehead atoms. The lowest BCUT2D eigenvalue weighted by atomic mass is 10.0. The first-order valence-corrected chi connectivity index (χ1v) is 9.27. The van der Waals surface area contributed by atoms with Gasteiger partial charge < -0.3 is 14.4 Å². The van der Waals surface area contributed by atoms with E-state index in [4.69, 9.17) is 9.47 Å². The highest BCUT2D eigenvalue weighted by Gasteiger charge is 2.45. The highest BCUT2D eigenvalue weighted by molar-refractivity contribution is 7.08. The number of hydrogen-bond acceptors (Lipinski definition) is 5. The lowest BCUT2D eigenvalue weighted by Crippen LogP contribution is -2.50. The molecule has 7 heteroatoms. The Morgan fingerprint density at radius 1 is 1.25 bits per heavy atom. The van der Waals surface area contributed by atoms with E-state index in [1.54, 1.807) is 0 Å². The van der Waals surface area contributed by atoms with Crippen LogP contribution in [-0.2, 0) is 9.47 Å². The van der Waals surface area contributed by atoms with Gasteiger partial charge in [0, 0.05) is 30.3 Å². The van der Waals surface area contributed by atoms with Crippen molar-refractivity contribution in [2.75, 3.05) is 5.32 Å². The van der Waals surface area contributed by atoms with Gasteiger partial charge in [-0.15, -0.1) is 0 Å². The Morgan fingerprint density at radius 3 is 2.46 bits per heavy atom. The molecule has 0 radical (unpaired) electrons. The van der Waals surface area contributed by atoms with Crippen molar-refractivity contribution < 1.29 is 19.1 Å². The van der Waals surface area contributed by atoms with Gasteiger partial charge in [0.15, 0.2) is 0 Å². The largest absolute Gasteiger partial charge is 0.446 e. The van der Waals surface area contributed by atoms with Crippen molar-refractivity contribution in [3.8, 4) is 0 Å². The van der Waals surface area contributed by atoms with Crippen LogP contribution in [0.25, 0.3) is 0 Å². The van der Waals surface area contributed by atoms with Crippen LogP contribution >= 0.6 is 11.3 Å². The minimum absolute atomic E-state index is 0.0950. The number of ether oxygens (including phenoxy) is 2. The zero-order valence-electron chi connectivity index (χ0n) is 14.3. The molecular weight excluding hydrogens is 328 g/mol. The molecule has 3 heterocycles. The third-order valence-corrected chi connectivity index (χ3v) is 5.02. The highest BCUT2D eigenvalue weighted by Crippen LogP contribution is 2.38. The number of carbonyl (C=O) groups excluding carboxylic acids is 2. The van der Waals surface area contributed by atoms with E-state index in [9.17, 15) is 9.59 Å². The molecule has 2 amide bonds. The van der Waals surface area contributed by atoms with Crippen LogP contribution in [0.15, 0.2) is 16.8 Å². The molecule has 2 aliphatic heterocycles. The Labute approximate surface area is 146 Å². The van der Waals surface area contributed by atoms with Gasteiger partial charge in [0.05, 0.1) is 5.69 Å². The van der Waals surface area contributed by atoms with E-state index in [1.165, 1.54) is 11.3 Å². The Bertz CT molecular complexity index is 582. The monoisotopic (exact) mass is 352 g/mol. The molecule has 2 atom stereocenters. The van der Waals surface area contributed by atoms with E-state index in [1.807, 2.05) is 42.5 Å². The third-order valence-electron chi connectivity index (χ3n) is 4.34. The molecule has 0 aromatic carbocycles. The number of nitrogens with zero attached hydrogens (tertiary/aromatic N) is 1. The van der Waals surface area contributed by atoms with Gasteiger partial charge in [-0.25, -0.2) is 9.59 Å². The van der Waals surface area contributed by atoms with Gasteiger partial charge in [-0.1, -0.05) is 0 Å². The molecular formula is C17H24N2O4S. The van der Waals surface area contributed by atoms with Crippen molar-refractivity contribution in [2.24, 2.45) is 0 Å². The van der Waals surface area contributed by atoms with Crippen molar-refractivity contribution in [3.05, 3.63) is 16.8 Å². The van der Waals surface area contributed by atoms with Crippen molar-refractivity contribution >= 4 is 29.2 Å². The van der Waals surface area contributed by atoms with Crippen LogP contribution < -0.4 is 5.32 Å². The Balaban J connectivity index is 1.55. The zero-order valence-corrected chi connectivity index (χ0v) is 15.1. The van der Waals surface area contributed by atoms with E-state index < -0.39 is 11.7 Å². The molecule has 0 spiro atoms. The molecule has 24 heavy (non-hydrogen) atoms. The third kappa shape index (κ3) is 4.01. The lowest BCUT2D eigenvalue weighted by molar-refractivity contribution is -0.0133. The number of rotatable bonds is 2. The van der Waals surface area contributed by atoms with Crippen LogP contribution in [0.5, 0.6) is 0 Å². The van der Waals surface area contributed by atoms with Crippen LogP contribution in [0.3, 0.4) is 0 Å². The molecule has 0 aliphatic carbocycles. The van der Waals surface area contributed by atoms with Crippen molar-refractivity contribution in [1.29, 1.82) is 0 Å². The number of nitrogens with one attached hydrogen (secondary N) is 1. The minimum atomic E-state index is -0.496. The Morgan fingerprint density at radius 2 is 1.92 bits per heavy atom. The first-order chi connectivity index (χ1) is 11.3. The first kappa shape index (κ1) is 17.1. The van der Waals surface area contributed by atoms with E-state index >= 15 is 0 Å². The van der Waals surface area contributed by atoms with Crippen molar-refractivity contribution in [1.82, 2.24) is 4.90 Å². The molecule has 3 rings (SSSR count). The predicted molar refractivity (Wildman–Crippen MR) is 92.3 cm³/mol. The number of amides is 2. The SMILES string of the molecule is CC(C)(C)OC(=O)N1C2CCC1CC(OC(=O)Nc1ccsc1)C2. The van der Waals surface area contributed by atoms with Crippen LogP contribution in [0, 0.1) is 0 Å². The maximum Gasteiger partial charge on any atom is 0.411 e. The molecule has 132 valence electrons. The highest BCUT2D eigenvalue weighted by atomic mass is 32.1. The average Bonchev–Trinajstić information content (AvgIpc) is 3.03. The molecule has 2 aliphatic rings. The maximum atomic E-state index is 12.4. The standard InChI is InChI=1S/C17H24N2O4S/c1-17(2,3)23-16(21)19-12-4-5-13(19)9-14(8-12)22-15(20)18-11-6-7-24-10-11/h6-7,10,12-14H,4-5,8-9H2,1-3H3,(H,18,20). The molecule has 0 saturated carbocycles. The second-order valence-corrected chi connectivity index (χ2v) is 8.19. The summed E-state index contributed by atoms with van der Waals surface area (Å²) in [5.74, 6) is 0. The summed E-state index contributed by atoms with van der Waals surface area (Å²) in [5.41, 5.74) is 0.253. The summed E-state index contributed by atoms with van der Waals surface area (Å²) in [7, 11) is 0. The average molecular weight is 352 g/mol. The number of fused-ring (bicyclic) bond motifs is 2. The number of carbonyl (C=O) groups is 2. The Kier molecular flexibility index (Phi) is 4.71. The molecule has 2 saturated heterocycles. The van der Waals surface area contributed by atoms with Crippen molar-refractivity contribution in [3.63, 3.8) is 0 Å². The Hall–Kier alpha value is -1.76. The van der Waals surface area contributed by atoms with E-state index in [2.05, 4.69) is 5.32 Å². The quantitative estimate of drug-likeness (QED) is 0.865. The van der Waals surface area contributed by atoms with Gasteiger partial charge in [-0.05, 0) is 45.1 Å². The number of anilines is 1. The number of hydrogen-bond donors (Lipinski definition) is 1. The lowest BCUT2D eigenvalue weighted by Gasteiger charge is -2.39. The molecule has 1 aromatic heterocycles. The summed E-state index contributed by atoms with van der Waals surface area (Å²) in [4.78, 5) is 26.2. The molecule has 2 fully saturated rings. The van der Waals surface area contributed by atoms with Crippen molar-refractivity contribution in [2.45, 2.75) is 70.2 Å². The summed E-state index contributed by atoms with van der Waals surface area (Å²) in [6, 6.07) is 2.02. The van der Waals surface area contributed by atoms with E-state index in [0.717, 1.165) is 18.5 Å². The number of piperidine rings is 1. The maximum absolute atomic E-state index is 12.4. The summed E-state index contributed by atoms with van der Waals surface area (Å²) in [5, 5.41) is 6.48. The first-order valence-electron chi connectivity index (χ1n) is 8.33. The summed E-state index contributed by atoms with van der Waals surface area (Å²) >= 11 is 1.52. The van der Waals surface area contributed by atoms with Gasteiger partial charge >= 0.3 is 12.2 Å². The van der Waals surface area contributed by atoms with Crippen LogP contribution in [-0.4, -0.2) is 40.9 Å². The second kappa shape index (κ2) is 6.63. The molecule has 1 aromatic rings. The topological polar surface area (TPSA) is 67.9 Å². The number of thiophene rings is 1. The zero-order chi connectivity index (χ0) is 17.3. The summed E-state index contributed by atoms with van der Waals surface area (Å²) < 4.78 is 11.1. The molecule has 6 nitrogen and oxygen atoms in total. The smallest absolute Gasteiger partial charge is 0.411 e. The van der Waals surface area contributed by atoms with Crippen LogP contribution in [0.2, 0.25) is 0 Å². The van der Waals surface area contributed by atoms with Gasteiger partial charge in [0.1, 0.15) is 11.7 Å². The normalized spacial score (nSPS) is 26.1. The predicted octanol–water partition coefficient (Wildman–Crippen LogP) is 4.23. The summed E-state index contributed by atoms with van der Waals surface area (Å²) in [6.07, 6.45) is 2.39. The minimum Gasteiger partial charge on any atom is -0.446 e. The van der Waals surface area contributed by atoms with E-state index in [-0.39, 0.29) is 24.3 Å². The second-order valence-electron chi connectivity index (χ2n) is 7.41. The summed E-state index contributed by atoms with van der Waals surface area (Å²) in [6.45, 7) is 5.62. The van der Waals surface area contributed by atoms with Crippen LogP contribution in [0.1, 0.15) is 46.5 Å². The van der Waals surface area contributed by atoms with Gasteiger partial charge in [-0.3, -0.25) is 5.32 Å². The molecule has 2 unspecified atom stereocenters. The fourth-order valence-electron chi connectivity index (χ4n) is 3.47.